The zero-order chi connectivity index (χ0) is 30.1. The number of benzene rings is 2. The standard InChI is InChI=1S/C32H34F2N6O2S/c1-4-26(41)40-14-13-39(18-22(40)17-35-2)31-24-16-25(33)27(23-11-5-8-20-9-7-15-43-30(20)23)28(34)29(24)36-32(37-31)42-19-21-10-6-12-38(21)3/h4-5,8,11,16,21-22H,1,6-7,9-10,12-15,17-19H2,3H3/t21-,22-/m0/s1. The highest BCUT2D eigenvalue weighted by atomic mass is 32.2. The molecule has 3 aliphatic heterocycles. The van der Waals surface area contributed by atoms with Crippen molar-refractivity contribution in [2.75, 3.05) is 57.0 Å². The molecule has 2 aromatic carbocycles. The number of amides is 1. The van der Waals surface area contributed by atoms with Gasteiger partial charge < -0.3 is 24.3 Å². The number of likely N-dealkylation sites (N-methyl/N-ethyl adjacent to an activating group) is 1. The molecule has 0 aliphatic carbocycles. The first kappa shape index (κ1) is 29.3. The molecule has 2 atom stereocenters. The Balaban J connectivity index is 1.46. The number of anilines is 1. The number of thioether (sulfide) groups is 1. The summed E-state index contributed by atoms with van der Waals surface area (Å²) in [6.45, 7) is 13.4. The highest BCUT2D eigenvalue weighted by molar-refractivity contribution is 7.99. The van der Waals surface area contributed by atoms with Gasteiger partial charge in [-0.2, -0.15) is 9.97 Å². The van der Waals surface area contributed by atoms with Crippen LogP contribution in [0.25, 0.3) is 26.9 Å². The first-order valence-electron chi connectivity index (χ1n) is 14.7. The van der Waals surface area contributed by atoms with Gasteiger partial charge in [0.15, 0.2) is 5.82 Å². The lowest BCUT2D eigenvalue weighted by Gasteiger charge is -2.39. The van der Waals surface area contributed by atoms with Gasteiger partial charge in [0.2, 0.25) is 12.5 Å². The van der Waals surface area contributed by atoms with Gasteiger partial charge in [0.05, 0.1) is 5.56 Å². The molecule has 0 spiro atoms. The summed E-state index contributed by atoms with van der Waals surface area (Å²) >= 11 is 1.63. The largest absolute Gasteiger partial charge is 0.462 e. The molecule has 0 bridgehead atoms. The number of fused-ring (bicyclic) bond motifs is 2. The Morgan fingerprint density at radius 1 is 1.23 bits per heavy atom. The number of rotatable bonds is 7. The molecule has 0 unspecified atom stereocenters. The maximum Gasteiger partial charge on any atom is 0.319 e. The van der Waals surface area contributed by atoms with Crippen LogP contribution in [0.5, 0.6) is 6.01 Å². The van der Waals surface area contributed by atoms with Crippen LogP contribution in [0.4, 0.5) is 14.6 Å². The van der Waals surface area contributed by atoms with Crippen LogP contribution < -0.4 is 9.64 Å². The molecule has 224 valence electrons. The van der Waals surface area contributed by atoms with Gasteiger partial charge >= 0.3 is 6.01 Å². The molecule has 2 fully saturated rings. The molecule has 11 heteroatoms. The van der Waals surface area contributed by atoms with Gasteiger partial charge in [0.1, 0.15) is 29.8 Å². The number of aryl methyl sites for hydroxylation is 1. The van der Waals surface area contributed by atoms with E-state index in [1.165, 1.54) is 12.1 Å². The van der Waals surface area contributed by atoms with Crippen molar-refractivity contribution in [1.82, 2.24) is 19.8 Å². The van der Waals surface area contributed by atoms with Gasteiger partial charge in [0, 0.05) is 41.5 Å². The Morgan fingerprint density at radius 3 is 2.86 bits per heavy atom. The first-order valence-corrected chi connectivity index (χ1v) is 15.7. The van der Waals surface area contributed by atoms with Crippen molar-refractivity contribution < 1.29 is 18.3 Å². The molecule has 4 heterocycles. The lowest BCUT2D eigenvalue weighted by Crippen LogP contribution is -2.56. The van der Waals surface area contributed by atoms with Gasteiger partial charge in [-0.25, -0.2) is 15.4 Å². The SMILES string of the molecule is [C-]#[N+]C[C@H]1CN(c2nc(OC[C@@H]3CCCN3C)nc3c(F)c(-c4cccc5c4SCCC5)c(F)cc23)CCN1C(=O)C=C. The summed E-state index contributed by atoms with van der Waals surface area (Å²) in [5, 5.41) is 0.228. The van der Waals surface area contributed by atoms with Crippen LogP contribution in [-0.2, 0) is 11.2 Å². The molecule has 0 saturated carbocycles. The van der Waals surface area contributed by atoms with Gasteiger partial charge in [-0.05, 0) is 62.7 Å². The topological polar surface area (TPSA) is 66.2 Å². The van der Waals surface area contributed by atoms with Crippen molar-refractivity contribution in [2.24, 2.45) is 0 Å². The van der Waals surface area contributed by atoms with Crippen LogP contribution in [0.3, 0.4) is 0 Å². The van der Waals surface area contributed by atoms with E-state index in [1.54, 1.807) is 22.7 Å². The molecule has 3 aliphatic rings. The normalized spacial score (nSPS) is 20.6. The molecule has 43 heavy (non-hydrogen) atoms. The molecule has 2 saturated heterocycles. The Bertz CT molecular complexity index is 1610. The number of aromatic nitrogens is 2. The quantitative estimate of drug-likeness (QED) is 0.271. The minimum absolute atomic E-state index is 0.0130. The number of nitrogens with zero attached hydrogens (tertiary/aromatic N) is 6. The van der Waals surface area contributed by atoms with Crippen molar-refractivity contribution in [1.29, 1.82) is 0 Å². The molecule has 8 nitrogen and oxygen atoms in total. The van der Waals surface area contributed by atoms with Crippen molar-refractivity contribution in [3.05, 3.63) is 65.5 Å². The Morgan fingerprint density at radius 2 is 2.09 bits per heavy atom. The van der Waals surface area contributed by atoms with E-state index in [9.17, 15) is 4.79 Å². The van der Waals surface area contributed by atoms with Crippen LogP contribution in [0.2, 0.25) is 0 Å². The number of halogens is 2. The van der Waals surface area contributed by atoms with E-state index in [0.29, 0.717) is 31.1 Å². The van der Waals surface area contributed by atoms with E-state index in [1.807, 2.05) is 24.1 Å². The van der Waals surface area contributed by atoms with Crippen LogP contribution >= 0.6 is 11.8 Å². The first-order chi connectivity index (χ1) is 20.9. The zero-order valence-electron chi connectivity index (χ0n) is 24.2. The Kier molecular flexibility index (Phi) is 8.50. The van der Waals surface area contributed by atoms with Gasteiger partial charge in [-0.1, -0.05) is 24.8 Å². The predicted octanol–water partition coefficient (Wildman–Crippen LogP) is 5.21. The van der Waals surface area contributed by atoms with Crippen molar-refractivity contribution in [3.63, 3.8) is 0 Å². The maximum atomic E-state index is 16.6. The Labute approximate surface area is 254 Å². The molecule has 3 aromatic rings. The van der Waals surface area contributed by atoms with Crippen molar-refractivity contribution in [2.45, 2.75) is 42.7 Å². The number of hydrogen-bond acceptors (Lipinski definition) is 7. The zero-order valence-corrected chi connectivity index (χ0v) is 25.0. The summed E-state index contributed by atoms with van der Waals surface area (Å²) in [6.07, 6.45) is 5.19. The summed E-state index contributed by atoms with van der Waals surface area (Å²) in [5.41, 5.74) is 1.51. The second-order valence-corrected chi connectivity index (χ2v) is 12.4. The van der Waals surface area contributed by atoms with E-state index in [2.05, 4.69) is 26.3 Å². The molecule has 1 aromatic heterocycles. The number of carbonyl (C=O) groups excluding carboxylic acids is 1. The lowest BCUT2D eigenvalue weighted by molar-refractivity contribution is -0.128. The fourth-order valence-electron chi connectivity index (χ4n) is 6.38. The van der Waals surface area contributed by atoms with Crippen LogP contribution in [0, 0.1) is 18.2 Å². The van der Waals surface area contributed by atoms with E-state index < -0.39 is 17.7 Å². The highest BCUT2D eigenvalue weighted by Crippen LogP contribution is 2.43. The minimum Gasteiger partial charge on any atom is -0.462 e. The van der Waals surface area contributed by atoms with Crippen molar-refractivity contribution >= 4 is 34.4 Å². The molecule has 6 rings (SSSR count). The summed E-state index contributed by atoms with van der Waals surface area (Å²) in [5.74, 6) is -0.467. The smallest absolute Gasteiger partial charge is 0.319 e. The van der Waals surface area contributed by atoms with Gasteiger partial charge in [-0.15, -0.1) is 11.8 Å². The second-order valence-electron chi connectivity index (χ2n) is 11.3. The molecule has 0 radical (unpaired) electrons. The number of hydrogen-bond donors (Lipinski definition) is 0. The fourth-order valence-corrected chi connectivity index (χ4v) is 7.55. The third kappa shape index (κ3) is 5.66. The average molecular weight is 605 g/mol. The molecule has 0 N–H and O–H groups in total. The van der Waals surface area contributed by atoms with Crippen LogP contribution in [0.1, 0.15) is 24.8 Å². The van der Waals surface area contributed by atoms with Gasteiger partial charge in [-0.3, -0.25) is 4.79 Å². The summed E-state index contributed by atoms with van der Waals surface area (Å²) in [6, 6.07) is 6.74. The number of piperazine rings is 1. The third-order valence-corrected chi connectivity index (χ3v) is 9.93. The van der Waals surface area contributed by atoms with Gasteiger partial charge in [0.25, 0.3) is 0 Å². The van der Waals surface area contributed by atoms with Crippen LogP contribution in [0.15, 0.2) is 41.8 Å². The van der Waals surface area contributed by atoms with E-state index in [-0.39, 0.29) is 47.5 Å². The number of ether oxygens (including phenoxy) is 1. The number of carbonyl (C=O) groups is 1. The van der Waals surface area contributed by atoms with Crippen LogP contribution in [-0.4, -0.2) is 89.9 Å². The van der Waals surface area contributed by atoms with E-state index in [0.717, 1.165) is 48.4 Å². The molecular weight excluding hydrogens is 570 g/mol. The Hall–Kier alpha value is -3.75. The lowest BCUT2D eigenvalue weighted by atomic mass is 9.98. The highest BCUT2D eigenvalue weighted by Gasteiger charge is 2.34. The second kappa shape index (κ2) is 12.5. The van der Waals surface area contributed by atoms with E-state index in [4.69, 9.17) is 11.3 Å². The predicted molar refractivity (Wildman–Crippen MR) is 164 cm³/mol. The van der Waals surface area contributed by atoms with Crippen molar-refractivity contribution in [3.8, 4) is 17.1 Å². The molecule has 1 amide bonds. The minimum atomic E-state index is -0.751. The third-order valence-electron chi connectivity index (χ3n) is 8.66. The summed E-state index contributed by atoms with van der Waals surface area (Å²) < 4.78 is 38.7. The summed E-state index contributed by atoms with van der Waals surface area (Å²) in [7, 11) is 2.04. The fraction of sp³-hybridized carbons (Fsp3) is 0.438. The summed E-state index contributed by atoms with van der Waals surface area (Å²) in [4.78, 5) is 31.9. The monoisotopic (exact) mass is 604 g/mol. The average Bonchev–Trinajstić information content (AvgIpc) is 3.44. The maximum absolute atomic E-state index is 16.6. The molecular formula is C32H34F2N6O2S. The number of likely N-dealkylation sites (tertiary alicyclic amines) is 1. The van der Waals surface area contributed by atoms with E-state index >= 15 is 8.78 Å².